The molecule has 0 bridgehead atoms. The second-order valence-corrected chi connectivity index (χ2v) is 6.84. The zero-order chi connectivity index (χ0) is 19.2. The van der Waals surface area contributed by atoms with Crippen LogP contribution in [-0.4, -0.2) is 59.8 Å². The molecule has 2 aromatic rings. The molecule has 0 radical (unpaired) electrons. The highest BCUT2D eigenvalue weighted by molar-refractivity contribution is 6.02. The van der Waals surface area contributed by atoms with Crippen LogP contribution in [0.25, 0.3) is 0 Å². The summed E-state index contributed by atoms with van der Waals surface area (Å²) >= 11 is 0. The summed E-state index contributed by atoms with van der Waals surface area (Å²) in [5, 5.41) is 11.2. The van der Waals surface area contributed by atoms with E-state index in [0.717, 1.165) is 44.3 Å². The third-order valence-electron chi connectivity index (χ3n) is 4.51. The minimum atomic E-state index is -0.276. The van der Waals surface area contributed by atoms with Crippen LogP contribution in [0.2, 0.25) is 0 Å². The van der Waals surface area contributed by atoms with Crippen LogP contribution in [0.5, 0.6) is 5.75 Å². The number of hydrogen-bond donors (Lipinski definition) is 1. The monoisotopic (exact) mass is 369 g/mol. The summed E-state index contributed by atoms with van der Waals surface area (Å²) in [4.78, 5) is 17.0. The molecule has 0 spiro atoms. The summed E-state index contributed by atoms with van der Waals surface area (Å²) in [6.45, 7) is 11.1. The molecule has 27 heavy (non-hydrogen) atoms. The number of carbonyl (C=O) groups excluding carboxylic acids is 1. The van der Waals surface area contributed by atoms with Crippen LogP contribution in [-0.2, 0) is 0 Å². The van der Waals surface area contributed by atoms with Crippen molar-refractivity contribution in [1.29, 1.82) is 0 Å². The van der Waals surface area contributed by atoms with Gasteiger partial charge in [-0.05, 0) is 56.8 Å². The first-order chi connectivity index (χ1) is 13.0. The first-order valence-electron chi connectivity index (χ1n) is 9.44. The third kappa shape index (κ3) is 5.17. The Morgan fingerprint density at radius 1 is 1.07 bits per heavy atom. The minimum absolute atomic E-state index is 0.115. The van der Waals surface area contributed by atoms with E-state index in [2.05, 4.69) is 32.2 Å². The second-order valence-electron chi connectivity index (χ2n) is 6.84. The van der Waals surface area contributed by atoms with Crippen LogP contribution >= 0.6 is 0 Å². The van der Waals surface area contributed by atoms with E-state index in [1.54, 1.807) is 6.07 Å². The number of amides is 1. The molecule has 0 atom stereocenters. The fraction of sp³-hybridized carbons (Fsp3) is 0.450. The topological polar surface area (TPSA) is 70.6 Å². The number of piperazine rings is 1. The van der Waals surface area contributed by atoms with E-state index in [1.807, 2.05) is 44.2 Å². The summed E-state index contributed by atoms with van der Waals surface area (Å²) in [5.41, 5.74) is 0.992. The Balaban J connectivity index is 1.57. The molecule has 1 aliphatic rings. The molecule has 1 aromatic carbocycles. The largest absolute Gasteiger partial charge is 0.491 e. The summed E-state index contributed by atoms with van der Waals surface area (Å²) in [7, 11) is 0. The van der Waals surface area contributed by atoms with E-state index in [4.69, 9.17) is 4.74 Å². The Kier molecular flexibility index (Phi) is 6.24. The number of benzene rings is 1. The van der Waals surface area contributed by atoms with E-state index >= 15 is 0 Å². The molecular formula is C20H27N5O2. The number of nitrogens with one attached hydrogen (secondary N) is 1. The average Bonchev–Trinajstić information content (AvgIpc) is 2.69. The molecule has 1 amide bonds. The van der Waals surface area contributed by atoms with E-state index in [-0.39, 0.29) is 12.0 Å². The Morgan fingerprint density at radius 2 is 1.78 bits per heavy atom. The van der Waals surface area contributed by atoms with Crippen LogP contribution in [0, 0.1) is 0 Å². The fourth-order valence-electron chi connectivity index (χ4n) is 2.99. The van der Waals surface area contributed by atoms with Crippen molar-refractivity contribution < 1.29 is 9.53 Å². The number of likely N-dealkylation sites (N-methyl/N-ethyl adjacent to an activating group) is 1. The van der Waals surface area contributed by atoms with Crippen LogP contribution in [0.1, 0.15) is 31.3 Å². The lowest BCUT2D eigenvalue weighted by atomic mass is 10.2. The molecular weight excluding hydrogens is 342 g/mol. The van der Waals surface area contributed by atoms with Gasteiger partial charge in [-0.3, -0.25) is 4.79 Å². The highest BCUT2D eigenvalue weighted by Crippen LogP contribution is 2.18. The van der Waals surface area contributed by atoms with Crippen LogP contribution in [0.4, 0.5) is 11.5 Å². The van der Waals surface area contributed by atoms with Crippen molar-refractivity contribution in [3.8, 4) is 5.75 Å². The van der Waals surface area contributed by atoms with Crippen LogP contribution < -0.4 is 15.0 Å². The molecule has 0 saturated carbocycles. The maximum absolute atomic E-state index is 12.4. The molecule has 1 aliphatic heterocycles. The summed E-state index contributed by atoms with van der Waals surface area (Å²) < 4.78 is 5.60. The predicted octanol–water partition coefficient (Wildman–Crippen LogP) is 2.66. The Bertz CT molecular complexity index is 738. The number of rotatable bonds is 6. The smallest absolute Gasteiger partial charge is 0.276 e. The van der Waals surface area contributed by atoms with E-state index in [1.165, 1.54) is 0 Å². The van der Waals surface area contributed by atoms with Gasteiger partial charge < -0.3 is 19.9 Å². The molecule has 3 rings (SSSR count). The molecule has 1 fully saturated rings. The zero-order valence-electron chi connectivity index (χ0n) is 16.2. The number of aromatic nitrogens is 2. The lowest BCUT2D eigenvalue weighted by Gasteiger charge is -2.34. The van der Waals surface area contributed by atoms with Crippen molar-refractivity contribution in [3.63, 3.8) is 0 Å². The molecule has 0 aliphatic carbocycles. The van der Waals surface area contributed by atoms with Crippen molar-refractivity contribution in [2.75, 3.05) is 42.9 Å². The maximum Gasteiger partial charge on any atom is 0.276 e. The van der Waals surface area contributed by atoms with Gasteiger partial charge in [-0.2, -0.15) is 0 Å². The number of ether oxygens (including phenoxy) is 1. The first kappa shape index (κ1) is 19.1. The van der Waals surface area contributed by atoms with E-state index in [0.29, 0.717) is 11.4 Å². The van der Waals surface area contributed by atoms with Gasteiger partial charge in [0.1, 0.15) is 5.75 Å². The number of nitrogens with zero attached hydrogens (tertiary/aromatic N) is 4. The van der Waals surface area contributed by atoms with E-state index in [9.17, 15) is 4.79 Å². The summed E-state index contributed by atoms with van der Waals surface area (Å²) in [6.07, 6.45) is 0.115. The van der Waals surface area contributed by atoms with Gasteiger partial charge in [0.25, 0.3) is 5.91 Å². The van der Waals surface area contributed by atoms with Gasteiger partial charge in [-0.1, -0.05) is 6.92 Å². The molecule has 1 aromatic heterocycles. The van der Waals surface area contributed by atoms with Gasteiger partial charge in [-0.25, -0.2) is 0 Å². The van der Waals surface area contributed by atoms with Crippen molar-refractivity contribution >= 4 is 17.4 Å². The van der Waals surface area contributed by atoms with Crippen molar-refractivity contribution in [2.24, 2.45) is 0 Å². The Morgan fingerprint density at radius 3 is 2.33 bits per heavy atom. The van der Waals surface area contributed by atoms with Gasteiger partial charge in [0.15, 0.2) is 11.5 Å². The average molecular weight is 369 g/mol. The molecule has 7 nitrogen and oxygen atoms in total. The first-order valence-corrected chi connectivity index (χ1v) is 9.44. The summed E-state index contributed by atoms with van der Waals surface area (Å²) in [6, 6.07) is 10.9. The Hall–Kier alpha value is -2.67. The van der Waals surface area contributed by atoms with Gasteiger partial charge in [0, 0.05) is 31.9 Å². The van der Waals surface area contributed by atoms with Gasteiger partial charge in [-0.15, -0.1) is 10.2 Å². The Labute approximate surface area is 160 Å². The number of hydrogen-bond acceptors (Lipinski definition) is 6. The lowest BCUT2D eigenvalue weighted by Crippen LogP contribution is -2.46. The second kappa shape index (κ2) is 8.81. The maximum atomic E-state index is 12.4. The van der Waals surface area contributed by atoms with Crippen LogP contribution in [0.15, 0.2) is 36.4 Å². The normalized spacial score (nSPS) is 15.0. The highest BCUT2D eigenvalue weighted by atomic mass is 16.5. The number of anilines is 2. The quantitative estimate of drug-likeness (QED) is 0.844. The van der Waals surface area contributed by atoms with Crippen LogP contribution in [0.3, 0.4) is 0 Å². The lowest BCUT2D eigenvalue weighted by molar-refractivity contribution is 0.102. The fourth-order valence-corrected chi connectivity index (χ4v) is 2.99. The minimum Gasteiger partial charge on any atom is -0.491 e. The van der Waals surface area contributed by atoms with Gasteiger partial charge in [0.05, 0.1) is 6.10 Å². The SMILES string of the molecule is CCN1CCN(c2ccc(C(=O)Nc3ccc(OC(C)C)cc3)nn2)CC1. The molecule has 144 valence electrons. The molecule has 1 N–H and O–H groups in total. The molecule has 7 heteroatoms. The van der Waals surface area contributed by atoms with Gasteiger partial charge in [0.2, 0.25) is 0 Å². The third-order valence-corrected chi connectivity index (χ3v) is 4.51. The van der Waals surface area contributed by atoms with E-state index < -0.39 is 0 Å². The molecule has 2 heterocycles. The van der Waals surface area contributed by atoms with Crippen molar-refractivity contribution in [2.45, 2.75) is 26.9 Å². The van der Waals surface area contributed by atoms with Crippen molar-refractivity contribution in [3.05, 3.63) is 42.1 Å². The summed E-state index contributed by atoms with van der Waals surface area (Å²) in [5.74, 6) is 1.31. The standard InChI is InChI=1S/C20H27N5O2/c1-4-24-11-13-25(14-12-24)19-10-9-18(22-23-19)20(26)21-16-5-7-17(8-6-16)27-15(2)3/h5-10,15H,4,11-14H2,1-3H3,(H,21,26). The zero-order valence-corrected chi connectivity index (χ0v) is 16.2. The molecule has 0 unspecified atom stereocenters. The number of carbonyl (C=O) groups is 1. The highest BCUT2D eigenvalue weighted by Gasteiger charge is 2.18. The van der Waals surface area contributed by atoms with Crippen molar-refractivity contribution in [1.82, 2.24) is 15.1 Å². The predicted molar refractivity (Wildman–Crippen MR) is 107 cm³/mol. The van der Waals surface area contributed by atoms with Gasteiger partial charge >= 0.3 is 0 Å². The molecule has 1 saturated heterocycles.